The molecule has 7 rings (SSSR count). The second-order valence-electron chi connectivity index (χ2n) is 10.9. The molecular weight excluding hydrogens is 576 g/mol. The van der Waals surface area contributed by atoms with Crippen LogP contribution in [0.3, 0.4) is 0 Å². The van der Waals surface area contributed by atoms with Gasteiger partial charge in [-0.3, -0.25) is 4.79 Å². The number of aromatic nitrogens is 4. The molecule has 0 saturated carbocycles. The van der Waals surface area contributed by atoms with E-state index < -0.39 is 0 Å². The summed E-state index contributed by atoms with van der Waals surface area (Å²) < 4.78 is 5.49. The fourth-order valence-corrected chi connectivity index (χ4v) is 5.90. The monoisotopic (exact) mass is 596 g/mol. The number of fused-ring (bicyclic) bond motifs is 6. The first-order valence-electron chi connectivity index (χ1n) is 14.4. The lowest BCUT2D eigenvalue weighted by Gasteiger charge is -2.17. The third-order valence-electron chi connectivity index (χ3n) is 8.36. The van der Waals surface area contributed by atoms with Crippen molar-refractivity contribution in [1.29, 1.82) is 10.5 Å². The zero-order valence-electron chi connectivity index (χ0n) is 24.6. The molecular formula is C36H20N8O2. The van der Waals surface area contributed by atoms with Gasteiger partial charge in [-0.1, -0.05) is 69.5 Å². The molecule has 1 atom stereocenters. The number of rotatable bonds is 5. The summed E-state index contributed by atoms with van der Waals surface area (Å²) in [6.07, 6.45) is 0.702. The summed E-state index contributed by atoms with van der Waals surface area (Å²) >= 11 is 0. The number of nitrogens with zero attached hydrogens (tertiary/aromatic N) is 8. The third kappa shape index (κ3) is 4.10. The molecule has 0 amide bonds. The molecule has 1 unspecified atom stereocenters. The maximum atomic E-state index is 12.2. The van der Waals surface area contributed by atoms with E-state index in [0.717, 1.165) is 27.5 Å². The Balaban J connectivity index is 1.59. The predicted octanol–water partition coefficient (Wildman–Crippen LogP) is 8.07. The number of benzene rings is 5. The van der Waals surface area contributed by atoms with Crippen LogP contribution in [0.15, 0.2) is 54.6 Å². The molecule has 10 nitrogen and oxygen atoms in total. The van der Waals surface area contributed by atoms with Crippen LogP contribution in [0.5, 0.6) is 0 Å². The predicted molar refractivity (Wildman–Crippen MR) is 173 cm³/mol. The van der Waals surface area contributed by atoms with Crippen LogP contribution >= 0.6 is 0 Å². The van der Waals surface area contributed by atoms with Crippen molar-refractivity contribution in [2.24, 2.45) is 5.92 Å². The molecule has 216 valence electrons. The largest absolute Gasteiger partial charge is 0.461 e. The van der Waals surface area contributed by atoms with Crippen molar-refractivity contribution in [2.75, 3.05) is 0 Å². The van der Waals surface area contributed by atoms with Crippen molar-refractivity contribution in [1.82, 2.24) is 19.9 Å². The molecule has 0 aliphatic heterocycles. The van der Waals surface area contributed by atoms with Crippen LogP contribution in [0.4, 0.5) is 11.6 Å². The highest BCUT2D eigenvalue weighted by atomic mass is 16.5. The summed E-state index contributed by atoms with van der Waals surface area (Å²) in [5.41, 5.74) is 4.14. The van der Waals surface area contributed by atoms with E-state index in [9.17, 15) is 15.3 Å². The average Bonchev–Trinajstić information content (AvgIpc) is 3.11. The summed E-state index contributed by atoms with van der Waals surface area (Å²) in [5.74, 6) is -0.584. The Morgan fingerprint density at radius 2 is 1.35 bits per heavy atom. The SMILES string of the molecule is [C-]#[N+]c1nc2c3cccc4c5nc(C#N)c(C#N)nc5c5c(-c6ccc(COC(=O)C(C)CC)cc6)ccc(c2nc1[N+]#[C-])c5c34. The van der Waals surface area contributed by atoms with Gasteiger partial charge in [-0.05, 0) is 35.2 Å². The van der Waals surface area contributed by atoms with E-state index >= 15 is 0 Å². The molecule has 0 spiro atoms. The first-order valence-corrected chi connectivity index (χ1v) is 14.4. The molecule has 7 aromatic rings. The number of carbonyl (C=O) groups excluding carboxylic acids is 1. The van der Waals surface area contributed by atoms with Gasteiger partial charge < -0.3 is 14.4 Å². The van der Waals surface area contributed by atoms with Crippen molar-refractivity contribution >= 4 is 72.0 Å². The van der Waals surface area contributed by atoms with E-state index in [4.69, 9.17) is 22.9 Å². The molecule has 0 aliphatic rings. The van der Waals surface area contributed by atoms with Crippen LogP contribution in [-0.2, 0) is 16.1 Å². The number of nitriles is 2. The maximum absolute atomic E-state index is 12.2. The van der Waals surface area contributed by atoms with Gasteiger partial charge in [-0.15, -0.1) is 9.97 Å². The summed E-state index contributed by atoms with van der Waals surface area (Å²) in [7, 11) is 0. The molecule has 2 aromatic heterocycles. The van der Waals surface area contributed by atoms with Crippen molar-refractivity contribution in [3.63, 3.8) is 0 Å². The van der Waals surface area contributed by atoms with Gasteiger partial charge in [0.25, 0.3) is 11.6 Å². The number of hydrogen-bond donors (Lipinski definition) is 0. The molecule has 5 aromatic carbocycles. The third-order valence-corrected chi connectivity index (χ3v) is 8.36. The quantitative estimate of drug-likeness (QED) is 0.0842. The zero-order valence-corrected chi connectivity index (χ0v) is 24.6. The molecule has 0 N–H and O–H groups in total. The summed E-state index contributed by atoms with van der Waals surface area (Å²) in [6, 6.07) is 21.1. The minimum absolute atomic E-state index is 0.0794. The lowest BCUT2D eigenvalue weighted by Crippen LogP contribution is -2.13. The van der Waals surface area contributed by atoms with Gasteiger partial charge in [0.2, 0.25) is 11.0 Å². The van der Waals surface area contributed by atoms with E-state index in [2.05, 4.69) is 24.6 Å². The second kappa shape index (κ2) is 10.8. The Labute approximate surface area is 262 Å². The molecule has 0 fully saturated rings. The first kappa shape index (κ1) is 28.0. The standard InChI is InChI=1S/C36H20N8O2/c1-5-18(2)36(45)46-17-19-9-11-20(12-10-19)21-13-14-24-28-27-22(30-31(24)44-35(40-4)34(39-3)43-30)7-6-8-23(27)32-33(29(21)28)42-26(16-38)25(15-37)41-32/h6-14,18H,5,17H2,1-2H3. The fraction of sp³-hybridized carbons (Fsp3) is 0.139. The average molecular weight is 597 g/mol. The van der Waals surface area contributed by atoms with Crippen LogP contribution < -0.4 is 0 Å². The van der Waals surface area contributed by atoms with Crippen LogP contribution in [-0.4, -0.2) is 25.9 Å². The van der Waals surface area contributed by atoms with E-state index in [1.54, 1.807) is 0 Å². The van der Waals surface area contributed by atoms with Crippen molar-refractivity contribution in [3.8, 4) is 23.3 Å². The Hall–Kier alpha value is -6.75. The number of esters is 1. The number of hydrogen-bond acceptors (Lipinski definition) is 8. The summed E-state index contributed by atoms with van der Waals surface area (Å²) in [5, 5.41) is 24.1. The first-order chi connectivity index (χ1) is 22.4. The molecule has 0 saturated heterocycles. The van der Waals surface area contributed by atoms with Crippen LogP contribution in [0.25, 0.3) is 75.2 Å². The number of carbonyl (C=O) groups is 1. The van der Waals surface area contributed by atoms with Gasteiger partial charge in [0, 0.05) is 32.3 Å². The van der Waals surface area contributed by atoms with E-state index in [-0.39, 0.29) is 41.5 Å². The lowest BCUT2D eigenvalue weighted by molar-refractivity contribution is -0.149. The molecule has 46 heavy (non-hydrogen) atoms. The Morgan fingerprint density at radius 1 is 0.783 bits per heavy atom. The van der Waals surface area contributed by atoms with Gasteiger partial charge in [0.15, 0.2) is 11.4 Å². The smallest absolute Gasteiger partial charge is 0.308 e. The summed E-state index contributed by atoms with van der Waals surface area (Å²) in [6.45, 7) is 19.2. The lowest BCUT2D eigenvalue weighted by atomic mass is 9.87. The molecule has 0 aliphatic carbocycles. The number of ether oxygens (including phenoxy) is 1. The normalized spacial score (nSPS) is 11.8. The maximum Gasteiger partial charge on any atom is 0.308 e. The molecule has 10 heteroatoms. The Bertz CT molecular complexity index is 2590. The van der Waals surface area contributed by atoms with Gasteiger partial charge >= 0.3 is 5.97 Å². The van der Waals surface area contributed by atoms with E-state index in [1.165, 1.54) is 0 Å². The Morgan fingerprint density at radius 3 is 1.91 bits per heavy atom. The van der Waals surface area contributed by atoms with Crippen molar-refractivity contribution in [2.45, 2.75) is 26.9 Å². The van der Waals surface area contributed by atoms with Crippen molar-refractivity contribution < 1.29 is 9.53 Å². The highest BCUT2D eigenvalue weighted by Crippen LogP contribution is 2.47. The topological polar surface area (TPSA) is 134 Å². The highest BCUT2D eigenvalue weighted by Gasteiger charge is 2.27. The van der Waals surface area contributed by atoms with Gasteiger partial charge in [0.1, 0.15) is 18.7 Å². The highest BCUT2D eigenvalue weighted by molar-refractivity contribution is 6.40. The summed E-state index contributed by atoms with van der Waals surface area (Å²) in [4.78, 5) is 37.7. The Kier molecular flexibility index (Phi) is 6.56. The molecule has 2 heterocycles. The van der Waals surface area contributed by atoms with Crippen LogP contribution in [0.1, 0.15) is 37.2 Å². The second-order valence-corrected chi connectivity index (χ2v) is 10.9. The minimum atomic E-state index is -0.242. The van der Waals surface area contributed by atoms with Gasteiger partial charge in [0.05, 0.1) is 17.0 Å². The van der Waals surface area contributed by atoms with Crippen molar-refractivity contribution in [3.05, 3.63) is 94.4 Å². The zero-order chi connectivity index (χ0) is 32.1. The van der Waals surface area contributed by atoms with Crippen LogP contribution in [0, 0.1) is 41.7 Å². The van der Waals surface area contributed by atoms with Crippen LogP contribution in [0.2, 0.25) is 0 Å². The van der Waals surface area contributed by atoms with E-state index in [0.29, 0.717) is 50.0 Å². The van der Waals surface area contributed by atoms with E-state index in [1.807, 2.05) is 80.6 Å². The van der Waals surface area contributed by atoms with Gasteiger partial charge in [-0.25, -0.2) is 9.97 Å². The van der Waals surface area contributed by atoms with Gasteiger partial charge in [-0.2, -0.15) is 10.5 Å². The molecule has 0 bridgehead atoms. The minimum Gasteiger partial charge on any atom is -0.461 e. The molecule has 0 radical (unpaired) electrons. The fourth-order valence-electron chi connectivity index (χ4n) is 5.90.